The minimum absolute atomic E-state index is 0.0199. The second kappa shape index (κ2) is 5.23. The van der Waals surface area contributed by atoms with Gasteiger partial charge in [0, 0.05) is 37.7 Å². The van der Waals surface area contributed by atoms with Crippen LogP contribution in [0.4, 0.5) is 0 Å². The van der Waals surface area contributed by atoms with Gasteiger partial charge in [-0.05, 0) is 37.5 Å². The van der Waals surface area contributed by atoms with Crippen LogP contribution in [0.5, 0.6) is 0 Å². The highest BCUT2D eigenvalue weighted by molar-refractivity contribution is 5.97. The predicted molar refractivity (Wildman–Crippen MR) is 84.5 cm³/mol. The van der Waals surface area contributed by atoms with E-state index in [4.69, 9.17) is 9.15 Å². The van der Waals surface area contributed by atoms with Gasteiger partial charge >= 0.3 is 5.76 Å². The van der Waals surface area contributed by atoms with Crippen LogP contribution in [0.1, 0.15) is 29.6 Å². The Hall–Kier alpha value is -2.08. The molecule has 4 rings (SSSR count). The second-order valence-corrected chi connectivity index (χ2v) is 6.74. The van der Waals surface area contributed by atoms with Crippen molar-refractivity contribution in [2.24, 2.45) is 12.5 Å². The molecule has 0 N–H and O–H groups in total. The number of fused-ring (bicyclic) bond motifs is 1. The van der Waals surface area contributed by atoms with Crippen LogP contribution >= 0.6 is 0 Å². The van der Waals surface area contributed by atoms with Gasteiger partial charge in [0.05, 0.1) is 12.1 Å². The van der Waals surface area contributed by atoms with Crippen LogP contribution in [0.2, 0.25) is 0 Å². The number of hydrogen-bond donors (Lipinski definition) is 0. The summed E-state index contributed by atoms with van der Waals surface area (Å²) in [5.74, 6) is -0.392. The Morgan fingerprint density at radius 2 is 2.17 bits per heavy atom. The first-order chi connectivity index (χ1) is 11.1. The fraction of sp³-hybridized carbons (Fsp3) is 0.529. The lowest BCUT2D eigenvalue weighted by Gasteiger charge is -2.39. The molecule has 0 aliphatic carbocycles. The highest BCUT2D eigenvalue weighted by Crippen LogP contribution is 2.38. The largest absolute Gasteiger partial charge is 0.419 e. The van der Waals surface area contributed by atoms with E-state index < -0.39 is 5.76 Å². The Morgan fingerprint density at radius 3 is 2.96 bits per heavy atom. The Bertz CT molecular complexity index is 814. The number of carbonyl (C=O) groups is 1. The molecule has 1 atom stereocenters. The summed E-state index contributed by atoms with van der Waals surface area (Å²) in [6.45, 7) is 3.09. The van der Waals surface area contributed by atoms with E-state index in [9.17, 15) is 9.59 Å². The summed E-state index contributed by atoms with van der Waals surface area (Å²) in [6, 6.07) is 5.18. The molecule has 122 valence electrons. The first-order valence-corrected chi connectivity index (χ1v) is 8.05. The summed E-state index contributed by atoms with van der Waals surface area (Å²) >= 11 is 0. The molecule has 0 bridgehead atoms. The van der Waals surface area contributed by atoms with E-state index >= 15 is 0 Å². The third kappa shape index (κ3) is 2.37. The smallest absolute Gasteiger partial charge is 0.408 e. The van der Waals surface area contributed by atoms with Crippen molar-refractivity contribution in [1.29, 1.82) is 0 Å². The van der Waals surface area contributed by atoms with E-state index in [2.05, 4.69) is 0 Å². The number of carbonyl (C=O) groups excluding carboxylic acids is 1. The van der Waals surface area contributed by atoms with E-state index in [0.717, 1.165) is 45.6 Å². The van der Waals surface area contributed by atoms with Gasteiger partial charge in [-0.2, -0.15) is 0 Å². The van der Waals surface area contributed by atoms with Gasteiger partial charge in [0.25, 0.3) is 5.91 Å². The van der Waals surface area contributed by atoms with Crippen LogP contribution in [0.3, 0.4) is 0 Å². The van der Waals surface area contributed by atoms with Gasteiger partial charge in [0.2, 0.25) is 0 Å². The summed E-state index contributed by atoms with van der Waals surface area (Å²) in [5.41, 5.74) is 1.90. The average Bonchev–Trinajstić information content (AvgIpc) is 3.12. The summed E-state index contributed by atoms with van der Waals surface area (Å²) in [6.07, 6.45) is 3.18. The minimum Gasteiger partial charge on any atom is -0.408 e. The Kier molecular flexibility index (Phi) is 3.30. The first kappa shape index (κ1) is 14.5. The third-order valence-electron chi connectivity index (χ3n) is 5.17. The Morgan fingerprint density at radius 1 is 1.30 bits per heavy atom. The van der Waals surface area contributed by atoms with E-state index in [-0.39, 0.29) is 11.3 Å². The number of aromatic nitrogens is 1. The second-order valence-electron chi connectivity index (χ2n) is 6.74. The van der Waals surface area contributed by atoms with Crippen molar-refractivity contribution in [2.75, 3.05) is 26.3 Å². The maximum Gasteiger partial charge on any atom is 0.419 e. The van der Waals surface area contributed by atoms with Crippen LogP contribution in [0.25, 0.3) is 11.1 Å². The van der Waals surface area contributed by atoms with Crippen LogP contribution in [-0.4, -0.2) is 41.7 Å². The van der Waals surface area contributed by atoms with Gasteiger partial charge < -0.3 is 14.1 Å². The molecule has 2 saturated heterocycles. The van der Waals surface area contributed by atoms with Crippen LogP contribution in [0.15, 0.2) is 27.4 Å². The van der Waals surface area contributed by atoms with E-state index in [0.29, 0.717) is 16.7 Å². The number of likely N-dealkylation sites (tertiary alicyclic amines) is 1. The SMILES string of the molecule is Cn1c(=O)oc2ccc(C(=O)N3CCC[C@@]4(CCOC4)C3)cc21. The maximum atomic E-state index is 12.9. The minimum atomic E-state index is -0.412. The topological polar surface area (TPSA) is 64.7 Å². The molecule has 23 heavy (non-hydrogen) atoms. The van der Waals surface area contributed by atoms with E-state index in [1.54, 1.807) is 25.2 Å². The first-order valence-electron chi connectivity index (χ1n) is 8.05. The third-order valence-corrected chi connectivity index (χ3v) is 5.17. The van der Waals surface area contributed by atoms with Crippen LogP contribution in [0, 0.1) is 5.41 Å². The zero-order valence-corrected chi connectivity index (χ0v) is 13.2. The summed E-state index contributed by atoms with van der Waals surface area (Å²) in [4.78, 5) is 26.4. The van der Waals surface area contributed by atoms with Gasteiger partial charge in [0.15, 0.2) is 5.58 Å². The zero-order chi connectivity index (χ0) is 16.0. The number of amides is 1. The molecule has 2 aliphatic rings. The molecular weight excluding hydrogens is 296 g/mol. The molecule has 2 fully saturated rings. The number of piperidine rings is 1. The van der Waals surface area contributed by atoms with E-state index in [1.165, 1.54) is 4.57 Å². The number of ether oxygens (including phenoxy) is 1. The fourth-order valence-corrected chi connectivity index (χ4v) is 3.79. The van der Waals surface area contributed by atoms with Crippen molar-refractivity contribution >= 4 is 17.0 Å². The number of rotatable bonds is 1. The van der Waals surface area contributed by atoms with Crippen molar-refractivity contribution in [3.8, 4) is 0 Å². The summed E-state index contributed by atoms with van der Waals surface area (Å²) in [7, 11) is 1.65. The van der Waals surface area contributed by atoms with Crippen molar-refractivity contribution in [2.45, 2.75) is 19.3 Å². The summed E-state index contributed by atoms with van der Waals surface area (Å²) in [5, 5.41) is 0. The zero-order valence-electron chi connectivity index (χ0n) is 13.2. The van der Waals surface area contributed by atoms with Gasteiger partial charge in [-0.3, -0.25) is 9.36 Å². The lowest BCUT2D eigenvalue weighted by atomic mass is 9.79. The quantitative estimate of drug-likeness (QED) is 0.804. The maximum absolute atomic E-state index is 12.9. The standard InChI is InChI=1S/C17H20N2O4/c1-18-13-9-12(3-4-14(13)23-16(18)21)15(20)19-7-2-5-17(10-19)6-8-22-11-17/h3-4,9H,2,5-8,10-11H2,1H3/t17-/m1/s1. The lowest BCUT2D eigenvalue weighted by molar-refractivity contribution is 0.0463. The fourth-order valence-electron chi connectivity index (χ4n) is 3.79. The van der Waals surface area contributed by atoms with Gasteiger partial charge in [-0.15, -0.1) is 0 Å². The molecule has 1 amide bonds. The Balaban J connectivity index is 1.63. The normalized spacial score (nSPS) is 24.7. The van der Waals surface area contributed by atoms with Crippen molar-refractivity contribution in [3.63, 3.8) is 0 Å². The highest BCUT2D eigenvalue weighted by Gasteiger charge is 2.40. The molecule has 2 aliphatic heterocycles. The molecule has 1 aromatic carbocycles. The molecule has 2 aromatic rings. The molecular formula is C17H20N2O4. The van der Waals surface area contributed by atoms with Crippen molar-refractivity contribution in [1.82, 2.24) is 9.47 Å². The molecule has 6 nitrogen and oxygen atoms in total. The predicted octanol–water partition coefficient (Wildman–Crippen LogP) is 1.77. The molecule has 0 saturated carbocycles. The van der Waals surface area contributed by atoms with Crippen molar-refractivity contribution in [3.05, 3.63) is 34.3 Å². The number of aryl methyl sites for hydroxylation is 1. The number of nitrogens with zero attached hydrogens (tertiary/aromatic N) is 2. The van der Waals surface area contributed by atoms with Crippen molar-refractivity contribution < 1.29 is 13.9 Å². The molecule has 0 unspecified atom stereocenters. The van der Waals surface area contributed by atoms with E-state index in [1.807, 2.05) is 4.90 Å². The average molecular weight is 316 g/mol. The van der Waals surface area contributed by atoms with Gasteiger partial charge in [0.1, 0.15) is 0 Å². The van der Waals surface area contributed by atoms with Gasteiger partial charge in [-0.25, -0.2) is 4.79 Å². The lowest BCUT2D eigenvalue weighted by Crippen LogP contribution is -2.46. The molecule has 3 heterocycles. The Labute approximate surface area is 133 Å². The molecule has 1 spiro atoms. The summed E-state index contributed by atoms with van der Waals surface area (Å²) < 4.78 is 12.1. The number of benzene rings is 1. The monoisotopic (exact) mass is 316 g/mol. The van der Waals surface area contributed by atoms with Crippen LogP contribution < -0.4 is 5.76 Å². The molecule has 6 heteroatoms. The van der Waals surface area contributed by atoms with Gasteiger partial charge in [-0.1, -0.05) is 0 Å². The van der Waals surface area contributed by atoms with Crippen LogP contribution in [-0.2, 0) is 11.8 Å². The highest BCUT2D eigenvalue weighted by atomic mass is 16.5. The number of hydrogen-bond acceptors (Lipinski definition) is 4. The number of oxazole rings is 1. The molecule has 0 radical (unpaired) electrons. The molecule has 1 aromatic heterocycles.